The van der Waals surface area contributed by atoms with Gasteiger partial charge in [0.25, 0.3) is 0 Å². The number of carbonyl (C=O) groups is 1. The Morgan fingerprint density at radius 3 is 2.73 bits per heavy atom. The van der Waals surface area contributed by atoms with Crippen molar-refractivity contribution in [3.05, 3.63) is 52.5 Å². The zero-order valence-corrected chi connectivity index (χ0v) is 16.0. The second-order valence-corrected chi connectivity index (χ2v) is 6.88. The van der Waals surface area contributed by atoms with Crippen molar-refractivity contribution in [2.75, 3.05) is 25.6 Å². The number of benzene rings is 2. The first kappa shape index (κ1) is 18.5. The molecule has 1 heterocycles. The van der Waals surface area contributed by atoms with Gasteiger partial charge in [0.05, 0.1) is 6.04 Å². The van der Waals surface area contributed by atoms with E-state index in [1.807, 2.05) is 62.2 Å². The number of nitrogens with one attached hydrogen (secondary N) is 1. The summed E-state index contributed by atoms with van der Waals surface area (Å²) in [5.74, 6) is 1.45. The van der Waals surface area contributed by atoms with E-state index in [0.29, 0.717) is 24.8 Å². The lowest BCUT2D eigenvalue weighted by Crippen LogP contribution is -2.39. The summed E-state index contributed by atoms with van der Waals surface area (Å²) >= 11 is 6.12. The van der Waals surface area contributed by atoms with Crippen LogP contribution in [0.15, 0.2) is 36.4 Å². The molecule has 0 aliphatic carbocycles. The molecule has 3 rings (SSSR count). The van der Waals surface area contributed by atoms with Gasteiger partial charge in [-0.15, -0.1) is 0 Å². The van der Waals surface area contributed by atoms with Crippen LogP contribution in [0.1, 0.15) is 18.1 Å². The lowest BCUT2D eigenvalue weighted by molar-refractivity contribution is -0.120. The molecule has 6 heteroatoms. The normalized spacial score (nSPS) is 14.2. The molecular formula is C20H23ClN2O3. The van der Waals surface area contributed by atoms with Crippen molar-refractivity contribution in [3.63, 3.8) is 0 Å². The van der Waals surface area contributed by atoms with Gasteiger partial charge in [0, 0.05) is 17.3 Å². The molecule has 0 aromatic heterocycles. The Bertz CT molecular complexity index is 810. The molecule has 0 saturated carbocycles. The van der Waals surface area contributed by atoms with Crippen molar-refractivity contribution in [2.45, 2.75) is 26.4 Å². The quantitative estimate of drug-likeness (QED) is 0.862. The summed E-state index contributed by atoms with van der Waals surface area (Å²) in [7, 11) is 1.92. The number of halogens is 1. The minimum atomic E-state index is -0.304. The Morgan fingerprint density at radius 1 is 1.23 bits per heavy atom. The molecule has 1 aliphatic rings. The van der Waals surface area contributed by atoms with Crippen LogP contribution in [0.5, 0.6) is 11.5 Å². The number of ether oxygens (including phenoxy) is 2. The fraction of sp³-hybridized carbons (Fsp3) is 0.350. The van der Waals surface area contributed by atoms with Crippen molar-refractivity contribution >= 4 is 23.2 Å². The second kappa shape index (κ2) is 7.98. The maximum Gasteiger partial charge on any atom is 0.241 e. The van der Waals surface area contributed by atoms with Crippen LogP contribution in [0.3, 0.4) is 0 Å². The average molecular weight is 375 g/mol. The van der Waals surface area contributed by atoms with Crippen LogP contribution < -0.4 is 14.8 Å². The van der Waals surface area contributed by atoms with Crippen LogP contribution in [-0.2, 0) is 11.3 Å². The summed E-state index contributed by atoms with van der Waals surface area (Å²) in [5, 5.41) is 3.60. The average Bonchev–Trinajstić information content (AvgIpc) is 2.64. The number of fused-ring (bicyclic) bond motifs is 1. The van der Waals surface area contributed by atoms with Gasteiger partial charge < -0.3 is 14.8 Å². The number of amides is 1. The Morgan fingerprint density at radius 2 is 1.96 bits per heavy atom. The summed E-state index contributed by atoms with van der Waals surface area (Å²) < 4.78 is 11.2. The van der Waals surface area contributed by atoms with Gasteiger partial charge >= 0.3 is 0 Å². The molecule has 1 aliphatic heterocycles. The molecule has 0 bridgehead atoms. The molecule has 0 fully saturated rings. The number of rotatable bonds is 5. The number of hydrogen-bond acceptors (Lipinski definition) is 4. The monoisotopic (exact) mass is 374 g/mol. The van der Waals surface area contributed by atoms with Gasteiger partial charge in [-0.1, -0.05) is 23.7 Å². The van der Waals surface area contributed by atoms with Gasteiger partial charge in [-0.05, 0) is 56.3 Å². The summed E-state index contributed by atoms with van der Waals surface area (Å²) in [5.41, 5.74) is 2.67. The first-order valence-corrected chi connectivity index (χ1v) is 8.98. The highest BCUT2D eigenvalue weighted by Gasteiger charge is 2.20. The summed E-state index contributed by atoms with van der Waals surface area (Å²) in [4.78, 5) is 14.6. The van der Waals surface area contributed by atoms with E-state index in [-0.39, 0.29) is 11.9 Å². The zero-order chi connectivity index (χ0) is 18.7. The van der Waals surface area contributed by atoms with Crippen LogP contribution in [-0.4, -0.2) is 37.1 Å². The van der Waals surface area contributed by atoms with E-state index >= 15 is 0 Å². The van der Waals surface area contributed by atoms with Crippen molar-refractivity contribution in [3.8, 4) is 11.5 Å². The predicted molar refractivity (Wildman–Crippen MR) is 103 cm³/mol. The number of likely N-dealkylation sites (N-methyl/N-ethyl adjacent to an activating group) is 1. The van der Waals surface area contributed by atoms with Crippen LogP contribution in [0, 0.1) is 6.92 Å². The van der Waals surface area contributed by atoms with Crippen LogP contribution in [0.2, 0.25) is 5.02 Å². The molecule has 0 radical (unpaired) electrons. The first-order chi connectivity index (χ1) is 12.5. The molecule has 2 aromatic carbocycles. The number of hydrogen-bond donors (Lipinski definition) is 1. The van der Waals surface area contributed by atoms with Gasteiger partial charge in [-0.3, -0.25) is 9.69 Å². The van der Waals surface area contributed by atoms with Crippen molar-refractivity contribution in [1.29, 1.82) is 0 Å². The largest absolute Gasteiger partial charge is 0.486 e. The Labute approximate surface area is 158 Å². The molecule has 26 heavy (non-hydrogen) atoms. The fourth-order valence-electron chi connectivity index (χ4n) is 2.79. The van der Waals surface area contributed by atoms with E-state index in [4.69, 9.17) is 21.1 Å². The summed E-state index contributed by atoms with van der Waals surface area (Å²) in [6.07, 6.45) is 0. The van der Waals surface area contributed by atoms with E-state index in [9.17, 15) is 4.79 Å². The molecule has 5 nitrogen and oxygen atoms in total. The van der Waals surface area contributed by atoms with E-state index in [1.54, 1.807) is 0 Å². The summed E-state index contributed by atoms with van der Waals surface area (Å²) in [6.45, 7) is 5.53. The molecule has 2 aromatic rings. The minimum Gasteiger partial charge on any atom is -0.486 e. The molecule has 1 N–H and O–H groups in total. The highest BCUT2D eigenvalue weighted by molar-refractivity contribution is 6.31. The van der Waals surface area contributed by atoms with E-state index in [2.05, 4.69) is 5.32 Å². The smallest absolute Gasteiger partial charge is 0.241 e. The predicted octanol–water partition coefficient (Wildman–Crippen LogP) is 3.88. The molecule has 0 spiro atoms. The molecule has 1 amide bonds. The molecule has 138 valence electrons. The molecule has 0 unspecified atom stereocenters. The van der Waals surface area contributed by atoms with Gasteiger partial charge in [-0.2, -0.15) is 0 Å². The lowest BCUT2D eigenvalue weighted by atomic mass is 10.1. The number of nitrogens with zero attached hydrogens (tertiary/aromatic N) is 1. The molecular weight excluding hydrogens is 352 g/mol. The van der Waals surface area contributed by atoms with Crippen molar-refractivity contribution in [2.24, 2.45) is 0 Å². The Hall–Kier alpha value is -2.24. The maximum atomic E-state index is 12.6. The Balaban J connectivity index is 1.64. The van der Waals surface area contributed by atoms with E-state index in [1.165, 1.54) is 0 Å². The Kier molecular flexibility index (Phi) is 5.69. The van der Waals surface area contributed by atoms with Crippen molar-refractivity contribution in [1.82, 2.24) is 4.90 Å². The third kappa shape index (κ3) is 4.11. The van der Waals surface area contributed by atoms with E-state index < -0.39 is 0 Å². The highest BCUT2D eigenvalue weighted by Crippen LogP contribution is 2.31. The molecule has 0 saturated heterocycles. The topological polar surface area (TPSA) is 50.8 Å². The first-order valence-electron chi connectivity index (χ1n) is 8.60. The highest BCUT2D eigenvalue weighted by atomic mass is 35.5. The van der Waals surface area contributed by atoms with Crippen molar-refractivity contribution < 1.29 is 14.3 Å². The van der Waals surface area contributed by atoms with Gasteiger partial charge in [0.15, 0.2) is 11.5 Å². The third-order valence-corrected chi connectivity index (χ3v) is 5.01. The van der Waals surface area contributed by atoms with Gasteiger partial charge in [-0.25, -0.2) is 0 Å². The van der Waals surface area contributed by atoms with Crippen LogP contribution >= 0.6 is 11.6 Å². The van der Waals surface area contributed by atoms with E-state index in [0.717, 1.165) is 28.3 Å². The third-order valence-electron chi connectivity index (χ3n) is 4.60. The van der Waals surface area contributed by atoms with Gasteiger partial charge in [0.2, 0.25) is 5.91 Å². The minimum absolute atomic E-state index is 0.0737. The summed E-state index contributed by atoms with van der Waals surface area (Å²) in [6, 6.07) is 11.1. The van der Waals surface area contributed by atoms with Crippen LogP contribution in [0.4, 0.5) is 5.69 Å². The van der Waals surface area contributed by atoms with Crippen LogP contribution in [0.25, 0.3) is 0 Å². The molecule has 1 atom stereocenters. The number of carbonyl (C=O) groups excluding carboxylic acids is 1. The van der Waals surface area contributed by atoms with Gasteiger partial charge in [0.1, 0.15) is 13.2 Å². The SMILES string of the molecule is Cc1c(Cl)cccc1NC(=O)[C@@H](C)N(C)Cc1ccc2c(c1)OCCO2. The fourth-order valence-corrected chi connectivity index (χ4v) is 2.97. The second-order valence-electron chi connectivity index (χ2n) is 6.47. The lowest BCUT2D eigenvalue weighted by Gasteiger charge is -2.25. The standard InChI is InChI=1S/C20H23ClN2O3/c1-13-16(21)5-4-6-17(13)22-20(24)14(2)23(3)12-15-7-8-18-19(11-15)26-10-9-25-18/h4-8,11,14H,9-10,12H2,1-3H3,(H,22,24)/t14-/m1/s1. The maximum absolute atomic E-state index is 12.6. The number of anilines is 1. The zero-order valence-electron chi connectivity index (χ0n) is 15.2.